The summed E-state index contributed by atoms with van der Waals surface area (Å²) < 4.78 is 1.05. The van der Waals surface area contributed by atoms with Gasteiger partial charge in [-0.15, -0.1) is 11.3 Å². The first-order chi connectivity index (χ1) is 14.0. The van der Waals surface area contributed by atoms with Crippen LogP contribution in [0.15, 0.2) is 70.8 Å². The first-order valence-electron chi connectivity index (χ1n) is 8.62. The lowest BCUT2D eigenvalue weighted by Crippen LogP contribution is -2.35. The summed E-state index contributed by atoms with van der Waals surface area (Å²) in [5.74, 6) is -0.268. The number of nitro groups is 1. The van der Waals surface area contributed by atoms with Gasteiger partial charge < -0.3 is 0 Å². The summed E-state index contributed by atoms with van der Waals surface area (Å²) in [6.07, 6.45) is 0.102. The van der Waals surface area contributed by atoms with E-state index in [1.807, 2.05) is 17.5 Å². The number of carbonyl (C=O) groups excluding carboxylic acids is 1. The number of amides is 1. The molecule has 2 aromatic carbocycles. The largest absolute Gasteiger partial charge is 0.280 e. The average molecular weight is 406 g/mol. The smallest absolute Gasteiger partial charge is 0.273 e. The zero-order chi connectivity index (χ0) is 20.4. The van der Waals surface area contributed by atoms with Crippen molar-refractivity contribution < 1.29 is 9.72 Å². The van der Waals surface area contributed by atoms with Crippen molar-refractivity contribution in [2.24, 2.45) is 0 Å². The summed E-state index contributed by atoms with van der Waals surface area (Å²) in [5.41, 5.74) is 2.78. The number of non-ortho nitro benzene ring substituents is 1. The lowest BCUT2D eigenvalue weighted by molar-refractivity contribution is -0.384. The molecule has 0 aliphatic heterocycles. The van der Waals surface area contributed by atoms with Crippen molar-refractivity contribution in [3.63, 3.8) is 0 Å². The third-order valence-electron chi connectivity index (χ3n) is 4.24. The molecule has 29 heavy (non-hydrogen) atoms. The normalized spacial score (nSPS) is 10.8. The molecule has 0 aliphatic rings. The highest BCUT2D eigenvalue weighted by Gasteiger charge is 2.17. The molecular weight excluding hydrogens is 392 g/mol. The predicted molar refractivity (Wildman–Crippen MR) is 110 cm³/mol. The minimum Gasteiger partial charge on any atom is -0.273 e. The van der Waals surface area contributed by atoms with Gasteiger partial charge in [0.15, 0.2) is 5.82 Å². The molecule has 0 atom stereocenters. The minimum atomic E-state index is -0.525. The number of benzene rings is 2. The van der Waals surface area contributed by atoms with Crippen LogP contribution in [0.1, 0.15) is 4.88 Å². The number of hydrogen-bond acceptors (Lipinski definition) is 6. The van der Waals surface area contributed by atoms with E-state index in [9.17, 15) is 19.7 Å². The third-order valence-corrected chi connectivity index (χ3v) is 5.12. The van der Waals surface area contributed by atoms with E-state index < -0.39 is 16.4 Å². The Balaban J connectivity index is 1.85. The highest BCUT2D eigenvalue weighted by atomic mass is 32.1. The van der Waals surface area contributed by atoms with Crippen LogP contribution in [0.3, 0.4) is 0 Å². The summed E-state index contributed by atoms with van der Waals surface area (Å²) in [7, 11) is 0. The lowest BCUT2D eigenvalue weighted by Gasteiger charge is -2.14. The minimum absolute atomic E-state index is 0.102. The summed E-state index contributed by atoms with van der Waals surface area (Å²) in [6.45, 7) is 0. The second-order valence-corrected chi connectivity index (χ2v) is 7.22. The number of nitrogens with zero attached hydrogens (tertiary/aromatic N) is 3. The van der Waals surface area contributed by atoms with Gasteiger partial charge in [-0.25, -0.2) is 4.98 Å². The lowest BCUT2D eigenvalue weighted by atomic mass is 10.1. The first-order valence-corrected chi connectivity index (χ1v) is 9.50. The molecule has 0 spiro atoms. The van der Waals surface area contributed by atoms with Crippen molar-refractivity contribution in [3.05, 3.63) is 91.4 Å². The molecule has 1 amide bonds. The number of rotatable bonds is 5. The van der Waals surface area contributed by atoms with Gasteiger partial charge in [-0.2, -0.15) is 4.68 Å². The number of aromatic nitrogens is 2. The number of carbonyl (C=O) groups is 1. The van der Waals surface area contributed by atoms with Gasteiger partial charge in [0.05, 0.1) is 22.2 Å². The Labute approximate surface area is 168 Å². The van der Waals surface area contributed by atoms with Gasteiger partial charge in [0.25, 0.3) is 11.2 Å². The molecule has 0 radical (unpaired) electrons. The maximum atomic E-state index is 13.1. The zero-order valence-corrected chi connectivity index (χ0v) is 15.8. The van der Waals surface area contributed by atoms with Crippen LogP contribution in [-0.2, 0) is 11.2 Å². The van der Waals surface area contributed by atoms with Gasteiger partial charge in [0, 0.05) is 22.6 Å². The Kier molecular flexibility index (Phi) is 4.88. The fourth-order valence-electron chi connectivity index (χ4n) is 2.92. The molecule has 9 heteroatoms. The average Bonchev–Trinajstić information content (AvgIpc) is 3.23. The summed E-state index contributed by atoms with van der Waals surface area (Å²) in [6, 6.07) is 16.2. The summed E-state index contributed by atoms with van der Waals surface area (Å²) >= 11 is 1.44. The molecule has 4 aromatic rings. The molecule has 0 bridgehead atoms. The Morgan fingerprint density at radius 1 is 1.14 bits per heavy atom. The third kappa shape index (κ3) is 3.76. The molecule has 0 aliphatic carbocycles. The predicted octanol–water partition coefficient (Wildman–Crippen LogP) is 3.35. The highest BCUT2D eigenvalue weighted by Crippen LogP contribution is 2.23. The van der Waals surface area contributed by atoms with E-state index in [1.54, 1.807) is 30.3 Å². The number of nitrogens with one attached hydrogen (secondary N) is 1. The van der Waals surface area contributed by atoms with Gasteiger partial charge in [0.1, 0.15) is 0 Å². The molecule has 0 fully saturated rings. The van der Waals surface area contributed by atoms with Gasteiger partial charge >= 0.3 is 0 Å². The van der Waals surface area contributed by atoms with E-state index in [-0.39, 0.29) is 17.9 Å². The van der Waals surface area contributed by atoms with Crippen LogP contribution >= 0.6 is 11.3 Å². The van der Waals surface area contributed by atoms with Crippen LogP contribution in [0.2, 0.25) is 0 Å². The molecule has 2 heterocycles. The van der Waals surface area contributed by atoms with Crippen molar-refractivity contribution in [2.45, 2.75) is 6.42 Å². The quantitative estimate of drug-likeness (QED) is 0.404. The number of para-hydroxylation sites is 1. The Hall–Kier alpha value is -3.85. The molecule has 0 unspecified atom stereocenters. The Morgan fingerprint density at radius 2 is 1.97 bits per heavy atom. The van der Waals surface area contributed by atoms with Crippen LogP contribution in [0.25, 0.3) is 22.3 Å². The maximum absolute atomic E-state index is 13.1. The van der Waals surface area contributed by atoms with Gasteiger partial charge in [-0.3, -0.25) is 25.1 Å². The van der Waals surface area contributed by atoms with Crippen LogP contribution in [0, 0.1) is 10.1 Å². The fourth-order valence-corrected chi connectivity index (χ4v) is 3.63. The first kappa shape index (κ1) is 18.5. The monoisotopic (exact) mass is 406 g/mol. The topological polar surface area (TPSA) is 107 Å². The van der Waals surface area contributed by atoms with Crippen molar-refractivity contribution in [3.8, 4) is 11.4 Å². The van der Waals surface area contributed by atoms with Crippen LogP contribution in [-0.4, -0.2) is 20.5 Å². The number of nitro benzene ring substituents is 1. The van der Waals surface area contributed by atoms with E-state index in [2.05, 4.69) is 10.4 Å². The molecule has 4 rings (SSSR count). The van der Waals surface area contributed by atoms with Crippen molar-refractivity contribution in [1.29, 1.82) is 0 Å². The van der Waals surface area contributed by atoms with Crippen LogP contribution in [0.5, 0.6) is 0 Å². The highest BCUT2D eigenvalue weighted by molar-refractivity contribution is 7.10. The zero-order valence-electron chi connectivity index (χ0n) is 14.9. The van der Waals surface area contributed by atoms with Crippen molar-refractivity contribution in [1.82, 2.24) is 9.66 Å². The maximum Gasteiger partial charge on any atom is 0.280 e. The molecule has 0 saturated heterocycles. The Morgan fingerprint density at radius 3 is 2.72 bits per heavy atom. The molecule has 8 nitrogen and oxygen atoms in total. The number of fused-ring (bicyclic) bond motifs is 1. The van der Waals surface area contributed by atoms with Gasteiger partial charge in [-0.05, 0) is 23.6 Å². The van der Waals surface area contributed by atoms with Crippen LogP contribution < -0.4 is 11.0 Å². The van der Waals surface area contributed by atoms with E-state index in [1.165, 1.54) is 29.5 Å². The Bertz CT molecular complexity index is 1280. The van der Waals surface area contributed by atoms with E-state index >= 15 is 0 Å². The second kappa shape index (κ2) is 7.64. The summed E-state index contributed by atoms with van der Waals surface area (Å²) in [5, 5.41) is 13.3. The molecule has 144 valence electrons. The molecule has 0 saturated carbocycles. The second-order valence-electron chi connectivity index (χ2n) is 6.19. The molecular formula is C20H14N4O4S. The SMILES string of the molecule is O=C(Cc1cccs1)Nn1c(-c2cccc([N+](=O)[O-])c2)nc2ccccc2c1=O. The van der Waals surface area contributed by atoms with Crippen molar-refractivity contribution in [2.75, 3.05) is 5.43 Å². The van der Waals surface area contributed by atoms with Gasteiger partial charge in [0.2, 0.25) is 5.91 Å². The van der Waals surface area contributed by atoms with Gasteiger partial charge in [-0.1, -0.05) is 30.3 Å². The molecule has 1 N–H and O–H groups in total. The van der Waals surface area contributed by atoms with E-state index in [0.717, 1.165) is 9.55 Å². The number of thiophene rings is 1. The van der Waals surface area contributed by atoms with Crippen LogP contribution in [0.4, 0.5) is 5.69 Å². The van der Waals surface area contributed by atoms with Crippen molar-refractivity contribution >= 4 is 33.8 Å². The number of hydrogen-bond donors (Lipinski definition) is 1. The standard InChI is InChI=1S/C20H14N4O4S/c25-18(12-15-7-4-10-29-15)22-23-19(13-5-3-6-14(11-13)24(27)28)21-17-9-2-1-8-16(17)20(23)26/h1-11H,12H2,(H,22,25). The molecule has 2 aromatic heterocycles. The summed E-state index contributed by atoms with van der Waals surface area (Å²) in [4.78, 5) is 41.5. The fraction of sp³-hybridized carbons (Fsp3) is 0.0500. The van der Waals surface area contributed by atoms with E-state index in [4.69, 9.17) is 0 Å². The van der Waals surface area contributed by atoms with E-state index in [0.29, 0.717) is 16.5 Å².